The number of aryl methyl sites for hydroxylation is 2. The van der Waals surface area contributed by atoms with Crippen LogP contribution in [0.4, 0.5) is 5.82 Å². The molecule has 26 heavy (non-hydrogen) atoms. The normalized spacial score (nSPS) is 17.6. The molecule has 0 amide bonds. The van der Waals surface area contributed by atoms with Gasteiger partial charge in [-0.25, -0.2) is 9.67 Å². The predicted octanol–water partition coefficient (Wildman–Crippen LogP) is 2.31. The minimum Gasteiger partial charge on any atom is -0.357 e. The molecule has 1 aliphatic carbocycles. The highest BCUT2D eigenvalue weighted by Gasteiger charge is 2.22. The van der Waals surface area contributed by atoms with Gasteiger partial charge in [0.1, 0.15) is 11.9 Å². The Balaban J connectivity index is 1.39. The van der Waals surface area contributed by atoms with E-state index in [1.165, 1.54) is 12.8 Å². The van der Waals surface area contributed by atoms with Crippen LogP contribution in [-0.2, 0) is 19.4 Å². The van der Waals surface area contributed by atoms with Crippen molar-refractivity contribution >= 4 is 5.82 Å². The second kappa shape index (κ2) is 7.28. The first kappa shape index (κ1) is 16.8. The lowest BCUT2D eigenvalue weighted by atomic mass is 9.96. The molecule has 0 saturated carbocycles. The fourth-order valence-electron chi connectivity index (χ4n) is 3.96. The van der Waals surface area contributed by atoms with Gasteiger partial charge in [-0.2, -0.15) is 10.4 Å². The first-order chi connectivity index (χ1) is 12.7. The Bertz CT molecular complexity index is 873. The van der Waals surface area contributed by atoms with Crippen molar-refractivity contribution < 1.29 is 0 Å². The van der Waals surface area contributed by atoms with Gasteiger partial charge in [-0.3, -0.25) is 4.79 Å². The largest absolute Gasteiger partial charge is 0.357 e. The van der Waals surface area contributed by atoms with E-state index in [1.54, 1.807) is 16.9 Å². The summed E-state index contributed by atoms with van der Waals surface area (Å²) in [6.07, 6.45) is 8.00. The van der Waals surface area contributed by atoms with Gasteiger partial charge in [0.05, 0.1) is 11.3 Å². The summed E-state index contributed by atoms with van der Waals surface area (Å²) < 4.78 is 1.68. The molecule has 0 spiro atoms. The van der Waals surface area contributed by atoms with Gasteiger partial charge in [-0.1, -0.05) is 0 Å². The highest BCUT2D eigenvalue weighted by Crippen LogP contribution is 2.23. The Morgan fingerprint density at radius 3 is 2.73 bits per heavy atom. The third kappa shape index (κ3) is 3.48. The van der Waals surface area contributed by atoms with E-state index in [2.05, 4.69) is 21.1 Å². The average molecular weight is 349 g/mol. The Labute approximate surface area is 153 Å². The molecule has 0 aromatic carbocycles. The van der Waals surface area contributed by atoms with Gasteiger partial charge in [0.15, 0.2) is 0 Å². The smallest absolute Gasteiger partial charge is 0.267 e. The molecule has 2 aromatic heterocycles. The molecular formula is C20H23N5O. The lowest BCUT2D eigenvalue weighted by Crippen LogP contribution is -2.37. The molecule has 134 valence electrons. The lowest BCUT2D eigenvalue weighted by Gasteiger charge is -2.33. The van der Waals surface area contributed by atoms with Crippen LogP contribution >= 0.6 is 0 Å². The third-order valence-corrected chi connectivity index (χ3v) is 5.52. The van der Waals surface area contributed by atoms with E-state index in [-0.39, 0.29) is 5.56 Å². The second-order valence-electron chi connectivity index (χ2n) is 7.29. The first-order valence-electron chi connectivity index (χ1n) is 9.44. The molecule has 0 unspecified atom stereocenters. The summed E-state index contributed by atoms with van der Waals surface area (Å²) in [5.41, 5.74) is 2.90. The number of rotatable bonds is 3. The highest BCUT2D eigenvalue weighted by atomic mass is 16.1. The maximum Gasteiger partial charge on any atom is 0.267 e. The van der Waals surface area contributed by atoms with Gasteiger partial charge < -0.3 is 4.90 Å². The van der Waals surface area contributed by atoms with Crippen LogP contribution in [0.25, 0.3) is 0 Å². The van der Waals surface area contributed by atoms with E-state index in [4.69, 9.17) is 5.26 Å². The summed E-state index contributed by atoms with van der Waals surface area (Å²) in [6, 6.07) is 7.62. The molecule has 0 atom stereocenters. The summed E-state index contributed by atoms with van der Waals surface area (Å²) >= 11 is 0. The molecule has 2 aliphatic rings. The van der Waals surface area contributed by atoms with E-state index in [1.807, 2.05) is 12.1 Å². The number of anilines is 1. The summed E-state index contributed by atoms with van der Waals surface area (Å²) in [4.78, 5) is 19.0. The van der Waals surface area contributed by atoms with Crippen LogP contribution in [0.2, 0.25) is 0 Å². The molecular weight excluding hydrogens is 326 g/mol. The third-order valence-electron chi connectivity index (χ3n) is 5.52. The number of fused-ring (bicyclic) bond motifs is 1. The van der Waals surface area contributed by atoms with E-state index in [0.717, 1.165) is 55.8 Å². The van der Waals surface area contributed by atoms with Crippen molar-refractivity contribution in [3.63, 3.8) is 0 Å². The molecule has 2 aromatic rings. The molecule has 0 radical (unpaired) electrons. The molecule has 3 heterocycles. The number of aromatic nitrogens is 3. The molecule has 6 nitrogen and oxygen atoms in total. The minimum absolute atomic E-state index is 0.0434. The Hall–Kier alpha value is -2.68. The molecule has 0 N–H and O–H groups in total. The molecule has 1 saturated heterocycles. The van der Waals surface area contributed by atoms with Crippen molar-refractivity contribution in [1.82, 2.24) is 14.8 Å². The van der Waals surface area contributed by atoms with Crippen molar-refractivity contribution in [3.05, 3.63) is 51.6 Å². The zero-order valence-electron chi connectivity index (χ0n) is 14.9. The number of hydrogen-bond donors (Lipinski definition) is 0. The molecule has 4 rings (SSSR count). The molecule has 6 heteroatoms. The second-order valence-corrected chi connectivity index (χ2v) is 7.29. The fraction of sp³-hybridized carbons (Fsp3) is 0.500. The van der Waals surface area contributed by atoms with Crippen LogP contribution in [0.5, 0.6) is 0 Å². The van der Waals surface area contributed by atoms with Crippen LogP contribution in [0, 0.1) is 17.2 Å². The maximum atomic E-state index is 12.4. The van der Waals surface area contributed by atoms with Crippen LogP contribution in [0.15, 0.2) is 29.2 Å². The van der Waals surface area contributed by atoms with Crippen LogP contribution in [-0.4, -0.2) is 27.9 Å². The molecule has 0 bridgehead atoms. The van der Waals surface area contributed by atoms with Gasteiger partial charge in [0.2, 0.25) is 0 Å². The van der Waals surface area contributed by atoms with Gasteiger partial charge in [0, 0.05) is 31.9 Å². The fourth-order valence-corrected chi connectivity index (χ4v) is 3.96. The Morgan fingerprint density at radius 1 is 1.19 bits per heavy atom. The van der Waals surface area contributed by atoms with Crippen molar-refractivity contribution in [2.45, 2.75) is 45.1 Å². The van der Waals surface area contributed by atoms with E-state index in [9.17, 15) is 4.79 Å². The van der Waals surface area contributed by atoms with Crippen molar-refractivity contribution in [2.24, 2.45) is 5.92 Å². The monoisotopic (exact) mass is 349 g/mol. The van der Waals surface area contributed by atoms with E-state index in [0.29, 0.717) is 18.0 Å². The highest BCUT2D eigenvalue weighted by molar-refractivity contribution is 5.42. The lowest BCUT2D eigenvalue weighted by molar-refractivity contribution is 0.331. The van der Waals surface area contributed by atoms with Gasteiger partial charge in [-0.15, -0.1) is 0 Å². The number of hydrogen-bond acceptors (Lipinski definition) is 5. The summed E-state index contributed by atoms with van der Waals surface area (Å²) in [7, 11) is 0. The van der Waals surface area contributed by atoms with Gasteiger partial charge >= 0.3 is 0 Å². The topological polar surface area (TPSA) is 74.8 Å². The Kier molecular flexibility index (Phi) is 4.70. The predicted molar refractivity (Wildman–Crippen MR) is 99.0 cm³/mol. The Morgan fingerprint density at radius 2 is 2.00 bits per heavy atom. The number of pyridine rings is 1. The maximum absolute atomic E-state index is 12.4. The van der Waals surface area contributed by atoms with Gasteiger partial charge in [0.25, 0.3) is 5.56 Å². The molecule has 1 fully saturated rings. The zero-order valence-corrected chi connectivity index (χ0v) is 14.9. The first-order valence-corrected chi connectivity index (χ1v) is 9.44. The van der Waals surface area contributed by atoms with Crippen LogP contribution in [0.1, 0.15) is 42.5 Å². The zero-order chi connectivity index (χ0) is 17.9. The van der Waals surface area contributed by atoms with Crippen LogP contribution < -0.4 is 10.5 Å². The standard InChI is InChI=1S/C20H23N5O/c21-12-16-5-6-19(22-13-16)24-9-7-15(8-10-24)14-25-20(26)11-17-3-1-2-4-18(17)23-25/h5-6,11,13,15H,1-4,7-10,14H2. The minimum atomic E-state index is 0.0434. The summed E-state index contributed by atoms with van der Waals surface area (Å²) in [5, 5.41) is 13.5. The number of nitriles is 1. The quantitative estimate of drug-likeness (QED) is 0.850. The van der Waals surface area contributed by atoms with Crippen LogP contribution in [0.3, 0.4) is 0 Å². The van der Waals surface area contributed by atoms with Gasteiger partial charge in [-0.05, 0) is 62.1 Å². The van der Waals surface area contributed by atoms with Crippen molar-refractivity contribution in [3.8, 4) is 6.07 Å². The van der Waals surface area contributed by atoms with E-state index >= 15 is 0 Å². The molecule has 1 aliphatic heterocycles. The van der Waals surface area contributed by atoms with Crippen molar-refractivity contribution in [2.75, 3.05) is 18.0 Å². The van der Waals surface area contributed by atoms with E-state index < -0.39 is 0 Å². The SMILES string of the molecule is N#Cc1ccc(N2CCC(Cn3nc4c(cc3=O)CCCC4)CC2)nc1. The summed E-state index contributed by atoms with van der Waals surface area (Å²) in [6.45, 7) is 2.55. The summed E-state index contributed by atoms with van der Waals surface area (Å²) in [5.74, 6) is 1.39. The average Bonchev–Trinajstić information content (AvgIpc) is 2.69. The number of piperidine rings is 1. The van der Waals surface area contributed by atoms with Crippen molar-refractivity contribution in [1.29, 1.82) is 5.26 Å². The number of nitrogens with zero attached hydrogens (tertiary/aromatic N) is 5.